The highest BCUT2D eigenvalue weighted by Gasteiger charge is 2.10. The van der Waals surface area contributed by atoms with Gasteiger partial charge in [-0.15, -0.1) is 0 Å². The number of amides is 1. The summed E-state index contributed by atoms with van der Waals surface area (Å²) >= 11 is 11.9. The van der Waals surface area contributed by atoms with Crippen molar-refractivity contribution >= 4 is 34.8 Å². The van der Waals surface area contributed by atoms with E-state index in [1.807, 2.05) is 25.4 Å². The Morgan fingerprint density at radius 3 is 2.92 bits per heavy atom. The molecule has 0 atom stereocenters. The highest BCUT2D eigenvalue weighted by Crippen LogP contribution is 2.20. The molecule has 0 unspecified atom stereocenters. The number of nitrogens with one attached hydrogen (secondary N) is 1. The van der Waals surface area contributed by atoms with E-state index in [-0.39, 0.29) is 5.91 Å². The standard InChI is InChI=1S/C17H16Cl2N4O/c1-11-7-16-21-9-12(10-23(16)22-11)3-2-6-20-17(24)14-5-4-13(18)8-15(14)19/h4-5,7-10H,2-3,6H2,1H3,(H,20,24). The van der Waals surface area contributed by atoms with Crippen LogP contribution in [-0.2, 0) is 6.42 Å². The highest BCUT2D eigenvalue weighted by molar-refractivity contribution is 6.36. The first-order valence-corrected chi connectivity index (χ1v) is 8.33. The molecular formula is C17H16Cl2N4O. The molecule has 0 saturated heterocycles. The maximum Gasteiger partial charge on any atom is 0.252 e. The molecule has 7 heteroatoms. The van der Waals surface area contributed by atoms with Crippen LogP contribution in [0.25, 0.3) is 5.65 Å². The minimum absolute atomic E-state index is 0.201. The molecule has 1 N–H and O–H groups in total. The Hall–Kier alpha value is -2.11. The first-order valence-electron chi connectivity index (χ1n) is 7.57. The first kappa shape index (κ1) is 16.7. The van der Waals surface area contributed by atoms with Gasteiger partial charge in [0.2, 0.25) is 0 Å². The van der Waals surface area contributed by atoms with E-state index in [0.29, 0.717) is 22.2 Å². The van der Waals surface area contributed by atoms with Gasteiger partial charge in [-0.1, -0.05) is 23.2 Å². The van der Waals surface area contributed by atoms with Gasteiger partial charge in [-0.05, 0) is 43.5 Å². The van der Waals surface area contributed by atoms with Crippen LogP contribution in [0.1, 0.15) is 28.0 Å². The second-order valence-electron chi connectivity index (χ2n) is 5.53. The number of hydrogen-bond acceptors (Lipinski definition) is 3. The topological polar surface area (TPSA) is 59.3 Å². The number of carbonyl (C=O) groups is 1. The summed E-state index contributed by atoms with van der Waals surface area (Å²) < 4.78 is 1.77. The average molecular weight is 363 g/mol. The van der Waals surface area contributed by atoms with Crippen molar-refractivity contribution in [3.05, 3.63) is 63.5 Å². The molecule has 3 rings (SSSR count). The van der Waals surface area contributed by atoms with Crippen LogP contribution >= 0.6 is 23.2 Å². The molecule has 0 bridgehead atoms. The predicted molar refractivity (Wildman–Crippen MR) is 94.8 cm³/mol. The van der Waals surface area contributed by atoms with Crippen molar-refractivity contribution in [2.75, 3.05) is 6.54 Å². The molecular weight excluding hydrogens is 347 g/mol. The van der Waals surface area contributed by atoms with Crippen molar-refractivity contribution in [1.82, 2.24) is 19.9 Å². The van der Waals surface area contributed by atoms with Crippen LogP contribution in [0, 0.1) is 6.92 Å². The van der Waals surface area contributed by atoms with Gasteiger partial charge >= 0.3 is 0 Å². The van der Waals surface area contributed by atoms with Crippen molar-refractivity contribution < 1.29 is 4.79 Å². The second kappa shape index (κ2) is 7.20. The smallest absolute Gasteiger partial charge is 0.252 e. The van der Waals surface area contributed by atoms with Crippen LogP contribution in [0.2, 0.25) is 10.0 Å². The monoisotopic (exact) mass is 362 g/mol. The van der Waals surface area contributed by atoms with E-state index in [2.05, 4.69) is 15.4 Å². The molecule has 124 valence electrons. The van der Waals surface area contributed by atoms with Crippen molar-refractivity contribution in [2.45, 2.75) is 19.8 Å². The molecule has 1 amide bonds. The summed E-state index contributed by atoms with van der Waals surface area (Å²) in [5.74, 6) is -0.201. The number of nitrogens with zero attached hydrogens (tertiary/aromatic N) is 3. The van der Waals surface area contributed by atoms with Gasteiger partial charge in [-0.25, -0.2) is 9.50 Å². The van der Waals surface area contributed by atoms with Crippen molar-refractivity contribution in [1.29, 1.82) is 0 Å². The quantitative estimate of drug-likeness (QED) is 0.703. The van der Waals surface area contributed by atoms with Crippen molar-refractivity contribution in [3.63, 3.8) is 0 Å². The van der Waals surface area contributed by atoms with Gasteiger partial charge in [-0.2, -0.15) is 5.10 Å². The molecule has 0 radical (unpaired) electrons. The summed E-state index contributed by atoms with van der Waals surface area (Å²) in [6.07, 6.45) is 5.41. The molecule has 0 fully saturated rings. The largest absolute Gasteiger partial charge is 0.352 e. The number of hydrogen-bond donors (Lipinski definition) is 1. The summed E-state index contributed by atoms with van der Waals surface area (Å²) in [4.78, 5) is 16.5. The van der Waals surface area contributed by atoms with Crippen molar-refractivity contribution in [2.24, 2.45) is 0 Å². The predicted octanol–water partition coefficient (Wildman–Crippen LogP) is 3.71. The summed E-state index contributed by atoms with van der Waals surface area (Å²) in [7, 11) is 0. The number of aryl methyl sites for hydroxylation is 2. The zero-order valence-electron chi connectivity index (χ0n) is 13.1. The molecule has 0 saturated carbocycles. The zero-order chi connectivity index (χ0) is 17.1. The van der Waals surface area contributed by atoms with Crippen LogP contribution in [0.5, 0.6) is 0 Å². The maximum atomic E-state index is 12.1. The fraction of sp³-hybridized carbons (Fsp3) is 0.235. The summed E-state index contributed by atoms with van der Waals surface area (Å²) in [5.41, 5.74) is 3.27. The Morgan fingerprint density at radius 1 is 1.29 bits per heavy atom. The van der Waals surface area contributed by atoms with E-state index < -0.39 is 0 Å². The molecule has 2 aromatic heterocycles. The number of aromatic nitrogens is 3. The summed E-state index contributed by atoms with van der Waals surface area (Å²) in [5, 5.41) is 8.07. The van der Waals surface area contributed by atoms with Crippen LogP contribution in [0.4, 0.5) is 0 Å². The average Bonchev–Trinajstić information content (AvgIpc) is 2.90. The van der Waals surface area contributed by atoms with Gasteiger partial charge < -0.3 is 5.32 Å². The lowest BCUT2D eigenvalue weighted by Crippen LogP contribution is -2.25. The Morgan fingerprint density at radius 2 is 2.12 bits per heavy atom. The lowest BCUT2D eigenvalue weighted by molar-refractivity contribution is 0.0953. The van der Waals surface area contributed by atoms with E-state index in [1.165, 1.54) is 0 Å². The van der Waals surface area contributed by atoms with Crippen LogP contribution < -0.4 is 5.32 Å². The van der Waals surface area contributed by atoms with Gasteiger partial charge in [0.1, 0.15) is 0 Å². The van der Waals surface area contributed by atoms with E-state index in [1.54, 1.807) is 22.7 Å². The lowest BCUT2D eigenvalue weighted by atomic mass is 10.2. The van der Waals surface area contributed by atoms with Crippen molar-refractivity contribution in [3.8, 4) is 0 Å². The maximum absolute atomic E-state index is 12.1. The van der Waals surface area contributed by atoms with Crippen LogP contribution in [0.3, 0.4) is 0 Å². The summed E-state index contributed by atoms with van der Waals surface area (Å²) in [6, 6.07) is 6.76. The van der Waals surface area contributed by atoms with Crippen LogP contribution in [0.15, 0.2) is 36.7 Å². The lowest BCUT2D eigenvalue weighted by Gasteiger charge is -2.07. The first-order chi connectivity index (χ1) is 11.5. The zero-order valence-corrected chi connectivity index (χ0v) is 14.6. The Balaban J connectivity index is 1.53. The van der Waals surface area contributed by atoms with E-state index in [4.69, 9.17) is 23.2 Å². The van der Waals surface area contributed by atoms with E-state index in [9.17, 15) is 4.79 Å². The highest BCUT2D eigenvalue weighted by atomic mass is 35.5. The van der Waals surface area contributed by atoms with E-state index in [0.717, 1.165) is 29.7 Å². The molecule has 2 heterocycles. The normalized spacial score (nSPS) is 11.0. The Labute approximate surface area is 149 Å². The summed E-state index contributed by atoms with van der Waals surface area (Å²) in [6.45, 7) is 2.49. The molecule has 0 aliphatic carbocycles. The third kappa shape index (κ3) is 3.86. The Bertz CT molecular complexity index is 891. The number of rotatable bonds is 5. The number of benzene rings is 1. The fourth-order valence-corrected chi connectivity index (χ4v) is 2.92. The van der Waals surface area contributed by atoms with Crippen LogP contribution in [-0.4, -0.2) is 27.0 Å². The SMILES string of the molecule is Cc1cc2ncc(CCCNC(=O)c3ccc(Cl)cc3Cl)cn2n1. The van der Waals surface area contributed by atoms with Gasteiger partial charge in [-0.3, -0.25) is 4.79 Å². The number of halogens is 2. The molecule has 0 aliphatic heterocycles. The molecule has 0 aliphatic rings. The molecule has 3 aromatic rings. The third-order valence-corrected chi connectivity index (χ3v) is 4.14. The number of fused-ring (bicyclic) bond motifs is 1. The molecule has 1 aromatic carbocycles. The third-order valence-electron chi connectivity index (χ3n) is 3.59. The van der Waals surface area contributed by atoms with Gasteiger partial charge in [0.05, 0.1) is 16.3 Å². The number of carbonyl (C=O) groups excluding carboxylic acids is 1. The van der Waals surface area contributed by atoms with E-state index >= 15 is 0 Å². The minimum atomic E-state index is -0.201. The van der Waals surface area contributed by atoms with Gasteiger partial charge in [0.15, 0.2) is 5.65 Å². The minimum Gasteiger partial charge on any atom is -0.352 e. The van der Waals surface area contributed by atoms with Gasteiger partial charge in [0, 0.05) is 30.0 Å². The second-order valence-corrected chi connectivity index (χ2v) is 6.38. The molecule has 5 nitrogen and oxygen atoms in total. The fourth-order valence-electron chi connectivity index (χ4n) is 2.43. The van der Waals surface area contributed by atoms with Gasteiger partial charge in [0.25, 0.3) is 5.91 Å². The molecule has 24 heavy (non-hydrogen) atoms. The Kier molecular flexibility index (Phi) is 5.02. The molecule has 0 spiro atoms.